The van der Waals surface area contributed by atoms with Crippen LogP contribution in [0.25, 0.3) is 97.4 Å². The molecule has 1 aromatic heterocycles. The van der Waals surface area contributed by atoms with Crippen molar-refractivity contribution in [3.05, 3.63) is 216 Å². The summed E-state index contributed by atoms with van der Waals surface area (Å²) in [5.41, 5.74) is 17.4. The second-order valence-electron chi connectivity index (χ2n) is 16.2. The second kappa shape index (κ2) is 11.4. The van der Waals surface area contributed by atoms with Crippen LogP contribution in [0, 0.1) is 0 Å². The van der Waals surface area contributed by atoms with Crippen molar-refractivity contribution in [1.29, 1.82) is 0 Å². The van der Waals surface area contributed by atoms with Crippen molar-refractivity contribution in [3.63, 3.8) is 0 Å². The van der Waals surface area contributed by atoms with Gasteiger partial charge in [-0.2, -0.15) is 0 Å². The number of hydrogen-bond donors (Lipinski definition) is 0. The molecule has 0 bridgehead atoms. The van der Waals surface area contributed by atoms with Gasteiger partial charge in [0.2, 0.25) is 0 Å². The van der Waals surface area contributed by atoms with E-state index in [2.05, 4.69) is 194 Å². The van der Waals surface area contributed by atoms with Gasteiger partial charge in [-0.1, -0.05) is 158 Å². The van der Waals surface area contributed by atoms with Crippen LogP contribution in [0.3, 0.4) is 0 Å². The van der Waals surface area contributed by atoms with E-state index in [4.69, 9.17) is 4.74 Å². The third-order valence-electron chi connectivity index (χ3n) is 13.5. The van der Waals surface area contributed by atoms with Gasteiger partial charge < -0.3 is 4.74 Å². The zero-order valence-corrected chi connectivity index (χ0v) is 32.6. The number of rotatable bonds is 2. The number of benzene rings is 10. The van der Waals surface area contributed by atoms with E-state index in [9.17, 15) is 0 Å². The Bertz CT molecular complexity index is 3660. The van der Waals surface area contributed by atoms with Crippen molar-refractivity contribution in [1.82, 2.24) is 0 Å². The minimum Gasteiger partial charge on any atom is -0.456 e. The first-order valence-electron chi connectivity index (χ1n) is 20.4. The van der Waals surface area contributed by atoms with E-state index in [0.717, 1.165) is 17.1 Å². The Morgan fingerprint density at radius 2 is 0.915 bits per heavy atom. The Balaban J connectivity index is 0.971. The summed E-state index contributed by atoms with van der Waals surface area (Å²) in [5, 5.41) is 7.64. The monoisotopic (exact) mass is 764 g/mol. The van der Waals surface area contributed by atoms with Crippen LogP contribution in [0.2, 0.25) is 0 Å². The van der Waals surface area contributed by atoms with Gasteiger partial charge in [0, 0.05) is 36.7 Å². The average Bonchev–Trinajstić information content (AvgIpc) is 3.82. The van der Waals surface area contributed by atoms with Crippen molar-refractivity contribution < 1.29 is 4.74 Å². The van der Waals surface area contributed by atoms with E-state index in [-0.39, 0.29) is 0 Å². The summed E-state index contributed by atoms with van der Waals surface area (Å²) in [7, 11) is 0. The van der Waals surface area contributed by atoms with Gasteiger partial charge in [-0.3, -0.25) is 0 Å². The van der Waals surface area contributed by atoms with Crippen molar-refractivity contribution in [2.24, 2.45) is 0 Å². The first-order valence-corrected chi connectivity index (χ1v) is 21.2. The number of hydrogen-bond acceptors (Lipinski definition) is 2. The van der Waals surface area contributed by atoms with Crippen LogP contribution in [-0.4, -0.2) is 0 Å². The van der Waals surface area contributed by atoms with Crippen LogP contribution in [0.15, 0.2) is 194 Å². The summed E-state index contributed by atoms with van der Waals surface area (Å²) in [5.74, 6) is 1.80. The maximum absolute atomic E-state index is 6.78. The number of thiophene rings is 1. The largest absolute Gasteiger partial charge is 0.456 e. The molecule has 2 heterocycles. The fourth-order valence-electron chi connectivity index (χ4n) is 11.1. The standard InChI is InChI=1S/C57H32OS/c1-4-21-47-37(13-1)39-27-25-35(32-50(39)57(47)48-22-5-2-14-38(48)42-16-7-11-33-12-8-23-49(57)54(33)42)34-26-29-51-46(31-34)43-18-9-17-41-36(28-30-52(58-51)55(41)43)44-19-10-20-45-40-15-3-6-24-53(40)59-56(44)45/h1-32H. The second-order valence-corrected chi connectivity index (χ2v) is 17.3. The molecule has 1 spiro atoms. The zero-order valence-electron chi connectivity index (χ0n) is 31.8. The van der Waals surface area contributed by atoms with Crippen LogP contribution in [-0.2, 0) is 5.41 Å². The molecule has 0 N–H and O–H groups in total. The minimum atomic E-state index is -0.456. The van der Waals surface area contributed by atoms with Gasteiger partial charge in [0.25, 0.3) is 0 Å². The quantitative estimate of drug-likeness (QED) is 0.170. The minimum absolute atomic E-state index is 0.456. The summed E-state index contributed by atoms with van der Waals surface area (Å²) < 4.78 is 9.42. The molecule has 1 nitrogen and oxygen atoms in total. The highest BCUT2D eigenvalue weighted by Crippen LogP contribution is 2.62. The Morgan fingerprint density at radius 1 is 0.339 bits per heavy atom. The Hall–Kier alpha value is -7.26. The van der Waals surface area contributed by atoms with Gasteiger partial charge in [0.1, 0.15) is 11.5 Å². The molecule has 3 aliphatic rings. The molecule has 59 heavy (non-hydrogen) atoms. The highest BCUT2D eigenvalue weighted by atomic mass is 32.1. The molecule has 1 atom stereocenters. The lowest BCUT2D eigenvalue weighted by atomic mass is 9.61. The molecule has 1 aliphatic heterocycles. The number of ether oxygens (including phenoxy) is 1. The molecule has 0 amide bonds. The van der Waals surface area contributed by atoms with Crippen molar-refractivity contribution in [3.8, 4) is 67.1 Å². The Kier molecular flexibility index (Phi) is 6.16. The summed E-state index contributed by atoms with van der Waals surface area (Å²) in [4.78, 5) is 0. The van der Waals surface area contributed by atoms with Crippen LogP contribution in [0.5, 0.6) is 11.5 Å². The van der Waals surface area contributed by atoms with Gasteiger partial charge in [-0.05, 0) is 119 Å². The van der Waals surface area contributed by atoms with Crippen LogP contribution in [0.4, 0.5) is 0 Å². The van der Waals surface area contributed by atoms with Gasteiger partial charge in [-0.25, -0.2) is 0 Å². The van der Waals surface area contributed by atoms with Crippen molar-refractivity contribution in [2.45, 2.75) is 5.41 Å². The highest BCUT2D eigenvalue weighted by molar-refractivity contribution is 7.26. The zero-order chi connectivity index (χ0) is 38.4. The van der Waals surface area contributed by atoms with E-state index in [1.54, 1.807) is 0 Å². The average molecular weight is 765 g/mol. The molecule has 14 rings (SSSR count). The lowest BCUT2D eigenvalue weighted by Gasteiger charge is -2.40. The fourth-order valence-corrected chi connectivity index (χ4v) is 12.3. The molecule has 0 fully saturated rings. The van der Waals surface area contributed by atoms with E-state index < -0.39 is 5.41 Å². The Labute approximate surface area is 345 Å². The fraction of sp³-hybridized carbons (Fsp3) is 0.0175. The number of fused-ring (bicyclic) bond motifs is 14. The van der Waals surface area contributed by atoms with Crippen LogP contribution < -0.4 is 4.74 Å². The molecule has 0 saturated carbocycles. The molecular formula is C57H32OS. The maximum Gasteiger partial charge on any atom is 0.135 e. The molecule has 272 valence electrons. The van der Waals surface area contributed by atoms with Crippen molar-refractivity contribution in [2.75, 3.05) is 0 Å². The summed E-state index contributed by atoms with van der Waals surface area (Å²) in [6.45, 7) is 0. The smallest absolute Gasteiger partial charge is 0.135 e. The topological polar surface area (TPSA) is 9.23 Å². The Morgan fingerprint density at radius 3 is 1.78 bits per heavy atom. The first-order chi connectivity index (χ1) is 29.3. The van der Waals surface area contributed by atoms with Gasteiger partial charge in [0.15, 0.2) is 0 Å². The van der Waals surface area contributed by atoms with E-state index >= 15 is 0 Å². The van der Waals surface area contributed by atoms with Gasteiger partial charge in [0.05, 0.1) is 5.41 Å². The highest BCUT2D eigenvalue weighted by Gasteiger charge is 2.50. The lowest BCUT2D eigenvalue weighted by molar-refractivity contribution is 0.487. The molecule has 2 aliphatic carbocycles. The van der Waals surface area contributed by atoms with E-state index in [0.29, 0.717) is 0 Å². The summed E-state index contributed by atoms with van der Waals surface area (Å²) in [6, 6.07) is 72.5. The van der Waals surface area contributed by atoms with E-state index in [1.165, 1.54) is 114 Å². The normalized spacial score (nSPS) is 15.3. The molecule has 11 aromatic rings. The van der Waals surface area contributed by atoms with Crippen LogP contribution in [0.1, 0.15) is 22.3 Å². The molecular weight excluding hydrogens is 733 g/mol. The van der Waals surface area contributed by atoms with Crippen LogP contribution >= 0.6 is 11.3 Å². The summed E-state index contributed by atoms with van der Waals surface area (Å²) in [6.07, 6.45) is 0. The third kappa shape index (κ3) is 4.04. The predicted octanol–water partition coefficient (Wildman–Crippen LogP) is 15.8. The third-order valence-corrected chi connectivity index (χ3v) is 14.7. The predicted molar refractivity (Wildman–Crippen MR) is 247 cm³/mol. The molecule has 10 aromatic carbocycles. The van der Waals surface area contributed by atoms with Gasteiger partial charge >= 0.3 is 0 Å². The SMILES string of the molecule is c1ccc2c(c1)-c1ccc(-c3ccc4c(c3)-c3cccc5c(-c6cccc7c6sc6ccccc67)ccc(c35)O4)cc1C21c2ccccc2-c2cccc3cccc1c23. The lowest BCUT2D eigenvalue weighted by Crippen LogP contribution is -2.31. The van der Waals surface area contributed by atoms with E-state index in [1.807, 2.05) is 11.3 Å². The summed E-state index contributed by atoms with van der Waals surface area (Å²) >= 11 is 1.88. The molecule has 0 radical (unpaired) electrons. The van der Waals surface area contributed by atoms with Gasteiger partial charge in [-0.15, -0.1) is 11.3 Å². The molecule has 2 heteroatoms. The molecule has 1 unspecified atom stereocenters. The first kappa shape index (κ1) is 31.8. The maximum atomic E-state index is 6.78. The molecule has 0 saturated heterocycles. The van der Waals surface area contributed by atoms with Crippen molar-refractivity contribution >= 4 is 53.1 Å².